The van der Waals surface area contributed by atoms with Crippen LogP contribution in [0, 0.1) is 0 Å². The molecule has 186 valence electrons. The van der Waals surface area contributed by atoms with Crippen molar-refractivity contribution in [2.75, 3.05) is 19.0 Å². The largest absolute Gasteiger partial charge is 0.347 e. The molecule has 0 unspecified atom stereocenters. The van der Waals surface area contributed by atoms with Crippen molar-refractivity contribution in [2.24, 2.45) is 0 Å². The Labute approximate surface area is 206 Å². The third-order valence-electron chi connectivity index (χ3n) is 7.11. The number of allylic oxidation sites excluding steroid dienone is 4. The van der Waals surface area contributed by atoms with Gasteiger partial charge in [-0.2, -0.15) is 21.4 Å². The maximum atomic E-state index is 11.6. The van der Waals surface area contributed by atoms with Crippen LogP contribution in [0.2, 0.25) is 0 Å². The molecule has 0 radical (unpaired) electrons. The van der Waals surface area contributed by atoms with Gasteiger partial charge in [-0.1, -0.05) is 19.9 Å². The van der Waals surface area contributed by atoms with Gasteiger partial charge in [-0.05, 0) is 55.8 Å². The maximum Gasteiger partial charge on any atom is 0.294 e. The normalized spacial score (nSPS) is 20.1. The Morgan fingerprint density at radius 3 is 1.97 bits per heavy atom. The summed E-state index contributed by atoms with van der Waals surface area (Å²) in [5.41, 5.74) is 4.19. The molecule has 2 aromatic carbocycles. The first-order chi connectivity index (χ1) is 16.0. The quantitative estimate of drug-likeness (QED) is 0.464. The van der Waals surface area contributed by atoms with Crippen molar-refractivity contribution in [3.63, 3.8) is 0 Å². The molecule has 2 aromatic rings. The molecule has 10 heteroatoms. The Hall–Kier alpha value is -2.79. The van der Waals surface area contributed by atoms with Gasteiger partial charge in [-0.3, -0.25) is 9.11 Å². The third-order valence-corrected chi connectivity index (χ3v) is 8.81. The zero-order valence-electron chi connectivity index (χ0n) is 20.4. The number of hydrogen-bond acceptors (Lipinski definition) is 5. The second-order valence-electron chi connectivity index (χ2n) is 9.97. The molecular weight excluding hydrogens is 488 g/mol. The predicted octanol–water partition coefficient (Wildman–Crippen LogP) is 4.05. The number of benzene rings is 2. The zero-order chi connectivity index (χ0) is 26.1. The molecule has 35 heavy (non-hydrogen) atoms. The van der Waals surface area contributed by atoms with E-state index in [4.69, 9.17) is 0 Å². The van der Waals surface area contributed by atoms with Gasteiger partial charge in [0.15, 0.2) is 5.71 Å². The van der Waals surface area contributed by atoms with Crippen LogP contribution in [0.25, 0.3) is 0 Å². The van der Waals surface area contributed by atoms with Crippen LogP contribution < -0.4 is 4.90 Å². The first kappa shape index (κ1) is 25.3. The predicted molar refractivity (Wildman–Crippen MR) is 135 cm³/mol. The molecule has 4 rings (SSSR count). The van der Waals surface area contributed by atoms with Crippen LogP contribution in [-0.2, 0) is 31.1 Å². The van der Waals surface area contributed by atoms with E-state index in [2.05, 4.69) is 0 Å². The minimum Gasteiger partial charge on any atom is -0.347 e. The molecule has 0 aliphatic carbocycles. The Morgan fingerprint density at radius 2 is 1.40 bits per heavy atom. The van der Waals surface area contributed by atoms with E-state index >= 15 is 0 Å². The molecule has 0 saturated carbocycles. The Bertz CT molecular complexity index is 1560. The number of rotatable bonds is 4. The molecule has 0 amide bonds. The summed E-state index contributed by atoms with van der Waals surface area (Å²) in [4.78, 5) is 1.72. The van der Waals surface area contributed by atoms with Crippen molar-refractivity contribution in [1.82, 2.24) is 0 Å². The van der Waals surface area contributed by atoms with Gasteiger partial charge in [0.05, 0.1) is 15.2 Å². The van der Waals surface area contributed by atoms with Crippen molar-refractivity contribution < 1.29 is 30.5 Å². The third kappa shape index (κ3) is 4.04. The highest BCUT2D eigenvalue weighted by Gasteiger charge is 2.44. The van der Waals surface area contributed by atoms with Gasteiger partial charge in [-0.25, -0.2) is 0 Å². The molecule has 0 aromatic heterocycles. The van der Waals surface area contributed by atoms with Crippen molar-refractivity contribution in [2.45, 2.75) is 48.3 Å². The van der Waals surface area contributed by atoms with Crippen LogP contribution >= 0.6 is 0 Å². The Kier molecular flexibility index (Phi) is 5.68. The lowest BCUT2D eigenvalue weighted by molar-refractivity contribution is -0.401. The number of fused-ring (bicyclic) bond motifs is 2. The summed E-state index contributed by atoms with van der Waals surface area (Å²) >= 11 is 0. The fraction of sp³-hybridized carbons (Fsp3) is 0.320. The average molecular weight is 518 g/mol. The van der Waals surface area contributed by atoms with Crippen LogP contribution in [0.4, 0.5) is 11.4 Å². The van der Waals surface area contributed by atoms with E-state index in [0.29, 0.717) is 0 Å². The molecule has 0 atom stereocenters. The molecule has 2 heterocycles. The number of anilines is 1. The highest BCUT2D eigenvalue weighted by Crippen LogP contribution is 2.47. The summed E-state index contributed by atoms with van der Waals surface area (Å²) in [6.45, 7) is 7.98. The molecule has 2 aliphatic heterocycles. The van der Waals surface area contributed by atoms with Crippen molar-refractivity contribution >= 4 is 37.3 Å². The maximum absolute atomic E-state index is 11.6. The van der Waals surface area contributed by atoms with Crippen LogP contribution in [0.5, 0.6) is 0 Å². The molecular formula is C25H29N2O6S2+. The van der Waals surface area contributed by atoms with E-state index in [1.54, 1.807) is 12.1 Å². The molecule has 0 spiro atoms. The minimum absolute atomic E-state index is 0.138. The van der Waals surface area contributed by atoms with Crippen LogP contribution in [0.3, 0.4) is 0 Å². The SMILES string of the molecule is CN1/C(=C/C=C/C2=[N+](C)c3ccc(S(=O)(=O)O)cc3C2(C)C)C(C)(C)c2cc(S(=O)(=O)O)ccc21. The van der Waals surface area contributed by atoms with Crippen LogP contribution in [0.1, 0.15) is 38.8 Å². The van der Waals surface area contributed by atoms with Gasteiger partial charge in [0.2, 0.25) is 5.69 Å². The molecule has 2 aliphatic rings. The van der Waals surface area contributed by atoms with Crippen molar-refractivity contribution in [3.8, 4) is 0 Å². The van der Waals surface area contributed by atoms with E-state index in [9.17, 15) is 25.9 Å². The van der Waals surface area contributed by atoms with Gasteiger partial charge < -0.3 is 4.90 Å². The topological polar surface area (TPSA) is 115 Å². The van der Waals surface area contributed by atoms with E-state index in [1.165, 1.54) is 24.3 Å². The fourth-order valence-electron chi connectivity index (χ4n) is 5.18. The number of nitrogens with zero attached hydrogens (tertiary/aromatic N) is 2. The molecule has 0 saturated heterocycles. The lowest BCUT2D eigenvalue weighted by atomic mass is 9.81. The summed E-state index contributed by atoms with van der Waals surface area (Å²) in [6, 6.07) is 9.19. The first-order valence-corrected chi connectivity index (χ1v) is 13.8. The molecule has 2 N–H and O–H groups in total. The Balaban J connectivity index is 1.72. The van der Waals surface area contributed by atoms with Crippen LogP contribution in [0.15, 0.2) is 70.1 Å². The van der Waals surface area contributed by atoms with E-state index in [0.717, 1.165) is 33.9 Å². The van der Waals surface area contributed by atoms with Crippen molar-refractivity contribution in [3.05, 3.63) is 71.5 Å². The smallest absolute Gasteiger partial charge is 0.294 e. The second-order valence-corrected chi connectivity index (χ2v) is 12.8. The van der Waals surface area contributed by atoms with Gasteiger partial charge in [0, 0.05) is 41.6 Å². The van der Waals surface area contributed by atoms with E-state index in [-0.39, 0.29) is 9.79 Å². The second kappa shape index (κ2) is 7.86. The van der Waals surface area contributed by atoms with Gasteiger partial charge in [0.25, 0.3) is 20.2 Å². The molecule has 0 fully saturated rings. The lowest BCUT2D eigenvalue weighted by Crippen LogP contribution is -2.27. The van der Waals surface area contributed by atoms with Crippen LogP contribution in [-0.4, -0.2) is 50.3 Å². The van der Waals surface area contributed by atoms with Gasteiger partial charge in [-0.15, -0.1) is 0 Å². The highest BCUT2D eigenvalue weighted by atomic mass is 32.2. The molecule has 0 bridgehead atoms. The summed E-state index contributed by atoms with van der Waals surface area (Å²) in [7, 11) is -4.80. The summed E-state index contributed by atoms with van der Waals surface area (Å²) in [6.07, 6.45) is 5.86. The average Bonchev–Trinajstić information content (AvgIpc) is 3.05. The fourth-order valence-corrected chi connectivity index (χ4v) is 6.20. The van der Waals surface area contributed by atoms with Gasteiger partial charge >= 0.3 is 0 Å². The summed E-state index contributed by atoms with van der Waals surface area (Å²) < 4.78 is 67.5. The first-order valence-electron chi connectivity index (χ1n) is 10.9. The number of hydrogen-bond donors (Lipinski definition) is 2. The van der Waals surface area contributed by atoms with Gasteiger partial charge in [0.1, 0.15) is 7.05 Å². The Morgan fingerprint density at radius 1 is 0.857 bits per heavy atom. The van der Waals surface area contributed by atoms with E-state index < -0.39 is 31.1 Å². The standard InChI is InChI=1S/C25H28N2O6S2/c1-24(2)18-14-16(34(28,29)30)10-12-20(18)26(5)22(24)8-7-9-23-25(3,4)19-15-17(35(31,32)33)11-13-21(19)27(23)6/h7-15H,1-6H3,(H-,28,29,30,31,32,33)/p+1. The lowest BCUT2D eigenvalue weighted by Gasteiger charge is -2.23. The minimum atomic E-state index is -4.31. The highest BCUT2D eigenvalue weighted by molar-refractivity contribution is 7.86. The monoisotopic (exact) mass is 517 g/mol. The molecule has 8 nitrogen and oxygen atoms in total. The van der Waals surface area contributed by atoms with E-state index in [1.807, 2.05) is 69.5 Å². The summed E-state index contributed by atoms with van der Waals surface area (Å²) in [5, 5.41) is 0. The summed E-state index contributed by atoms with van der Waals surface area (Å²) in [5.74, 6) is 0. The van der Waals surface area contributed by atoms with Crippen molar-refractivity contribution in [1.29, 1.82) is 0 Å². The zero-order valence-corrected chi connectivity index (χ0v) is 22.1. The number of likely N-dealkylation sites (N-methyl/N-ethyl adjacent to an activating group) is 1.